The van der Waals surface area contributed by atoms with Gasteiger partial charge in [0.25, 0.3) is 0 Å². The maximum absolute atomic E-state index is 13.6. The molecule has 108 valence electrons. The highest BCUT2D eigenvalue weighted by Gasteiger charge is 2.18. The van der Waals surface area contributed by atoms with E-state index in [-0.39, 0.29) is 11.4 Å². The number of fused-ring (bicyclic) bond motifs is 1. The Morgan fingerprint density at radius 3 is 2.57 bits per heavy atom. The number of benzene rings is 2. The average Bonchev–Trinajstić information content (AvgIpc) is 2.89. The lowest BCUT2D eigenvalue weighted by molar-refractivity contribution is 0.557. The molecular formula is C15H12FNO2S2. The lowest BCUT2D eigenvalue weighted by Gasteiger charge is -2.07. The predicted octanol–water partition coefficient (Wildman–Crippen LogP) is 3.52. The van der Waals surface area contributed by atoms with Gasteiger partial charge in [-0.05, 0) is 34.5 Å². The second-order valence-corrected chi connectivity index (χ2v) is 7.16. The Hall–Kier alpha value is -1.76. The van der Waals surface area contributed by atoms with Gasteiger partial charge in [-0.15, -0.1) is 11.3 Å². The highest BCUT2D eigenvalue weighted by molar-refractivity contribution is 7.89. The molecule has 21 heavy (non-hydrogen) atoms. The molecule has 1 aromatic heterocycles. The summed E-state index contributed by atoms with van der Waals surface area (Å²) in [6.07, 6.45) is 0. The van der Waals surface area contributed by atoms with Crippen LogP contribution >= 0.6 is 11.3 Å². The zero-order valence-electron chi connectivity index (χ0n) is 10.9. The highest BCUT2D eigenvalue weighted by Crippen LogP contribution is 2.25. The number of sulfonamides is 1. The maximum Gasteiger partial charge on any atom is 0.243 e. The third-order valence-electron chi connectivity index (χ3n) is 3.14. The van der Waals surface area contributed by atoms with E-state index < -0.39 is 15.8 Å². The molecule has 0 aliphatic carbocycles. The minimum Gasteiger partial charge on any atom is -0.207 e. The molecule has 0 amide bonds. The molecule has 0 aliphatic heterocycles. The number of hydrogen-bond acceptors (Lipinski definition) is 3. The molecule has 3 nitrogen and oxygen atoms in total. The second kappa shape index (κ2) is 5.55. The average molecular weight is 321 g/mol. The van der Waals surface area contributed by atoms with Crippen LogP contribution in [0.1, 0.15) is 5.56 Å². The van der Waals surface area contributed by atoms with E-state index in [0.717, 1.165) is 21.7 Å². The molecule has 0 spiro atoms. The SMILES string of the molecule is O=S(=O)(NCc1csc2ccccc12)c1ccccc1F. The summed E-state index contributed by atoms with van der Waals surface area (Å²) in [5, 5.41) is 2.92. The summed E-state index contributed by atoms with van der Waals surface area (Å²) in [5.74, 6) is -0.750. The van der Waals surface area contributed by atoms with E-state index in [1.54, 1.807) is 11.3 Å². The molecule has 0 saturated carbocycles. The first-order valence-corrected chi connectivity index (χ1v) is 8.63. The Kier molecular flexibility index (Phi) is 3.75. The van der Waals surface area contributed by atoms with Crippen LogP contribution in [0.25, 0.3) is 10.1 Å². The molecule has 6 heteroatoms. The van der Waals surface area contributed by atoms with Crippen molar-refractivity contribution in [3.8, 4) is 0 Å². The number of rotatable bonds is 4. The molecule has 0 atom stereocenters. The predicted molar refractivity (Wildman–Crippen MR) is 82.3 cm³/mol. The van der Waals surface area contributed by atoms with Gasteiger partial charge in [-0.2, -0.15) is 0 Å². The van der Waals surface area contributed by atoms with Crippen LogP contribution in [-0.2, 0) is 16.6 Å². The summed E-state index contributed by atoms with van der Waals surface area (Å²) in [4.78, 5) is -0.329. The summed E-state index contributed by atoms with van der Waals surface area (Å²) in [6.45, 7) is 0.140. The highest BCUT2D eigenvalue weighted by atomic mass is 32.2. The second-order valence-electron chi connectivity index (χ2n) is 4.51. The van der Waals surface area contributed by atoms with Gasteiger partial charge in [0.05, 0.1) is 0 Å². The molecule has 0 radical (unpaired) electrons. The van der Waals surface area contributed by atoms with Gasteiger partial charge in [0.15, 0.2) is 0 Å². The normalized spacial score (nSPS) is 11.9. The van der Waals surface area contributed by atoms with Crippen molar-refractivity contribution in [2.24, 2.45) is 0 Å². The van der Waals surface area contributed by atoms with Gasteiger partial charge in [0, 0.05) is 11.2 Å². The Labute approximate surface area is 126 Å². The first-order chi connectivity index (χ1) is 10.1. The lowest BCUT2D eigenvalue weighted by atomic mass is 10.2. The third-order valence-corrected chi connectivity index (χ3v) is 5.59. The summed E-state index contributed by atoms with van der Waals surface area (Å²) in [6, 6.07) is 13.1. The summed E-state index contributed by atoms with van der Waals surface area (Å²) in [7, 11) is -3.86. The van der Waals surface area contributed by atoms with Crippen molar-refractivity contribution in [1.82, 2.24) is 4.72 Å². The van der Waals surface area contributed by atoms with Gasteiger partial charge < -0.3 is 0 Å². The van der Waals surface area contributed by atoms with Crippen LogP contribution in [0, 0.1) is 5.82 Å². The van der Waals surface area contributed by atoms with Gasteiger partial charge in [-0.25, -0.2) is 17.5 Å². The van der Waals surface area contributed by atoms with Crippen LogP contribution < -0.4 is 4.72 Å². The topological polar surface area (TPSA) is 46.2 Å². The number of nitrogens with one attached hydrogen (secondary N) is 1. The summed E-state index contributed by atoms with van der Waals surface area (Å²) in [5.41, 5.74) is 0.885. The van der Waals surface area contributed by atoms with Crippen molar-refractivity contribution < 1.29 is 12.8 Å². The fourth-order valence-electron chi connectivity index (χ4n) is 2.08. The van der Waals surface area contributed by atoms with E-state index in [2.05, 4.69) is 4.72 Å². The number of thiophene rings is 1. The van der Waals surface area contributed by atoms with E-state index in [9.17, 15) is 12.8 Å². The van der Waals surface area contributed by atoms with E-state index >= 15 is 0 Å². The molecule has 0 saturated heterocycles. The minimum atomic E-state index is -3.86. The molecule has 1 heterocycles. The standard InChI is InChI=1S/C15H12FNO2S2/c16-13-6-2-4-8-15(13)21(18,19)17-9-11-10-20-14-7-3-1-5-12(11)14/h1-8,10,17H,9H2. The summed E-state index contributed by atoms with van der Waals surface area (Å²) >= 11 is 1.55. The van der Waals surface area contributed by atoms with E-state index in [0.29, 0.717) is 0 Å². The van der Waals surface area contributed by atoms with Crippen molar-refractivity contribution in [2.45, 2.75) is 11.4 Å². The van der Waals surface area contributed by atoms with Crippen molar-refractivity contribution in [2.75, 3.05) is 0 Å². The quantitative estimate of drug-likeness (QED) is 0.799. The maximum atomic E-state index is 13.6. The van der Waals surface area contributed by atoms with Crippen molar-refractivity contribution >= 4 is 31.4 Å². The van der Waals surface area contributed by atoms with Crippen LogP contribution in [-0.4, -0.2) is 8.42 Å². The van der Waals surface area contributed by atoms with Gasteiger partial charge >= 0.3 is 0 Å². The van der Waals surface area contributed by atoms with Crippen molar-refractivity contribution in [3.63, 3.8) is 0 Å². The summed E-state index contributed by atoms with van der Waals surface area (Å²) < 4.78 is 41.4. The van der Waals surface area contributed by atoms with E-state index in [4.69, 9.17) is 0 Å². The van der Waals surface area contributed by atoms with Crippen LogP contribution in [0.3, 0.4) is 0 Å². The van der Waals surface area contributed by atoms with Gasteiger partial charge in [-0.3, -0.25) is 0 Å². The molecule has 1 N–H and O–H groups in total. The van der Waals surface area contributed by atoms with Gasteiger partial charge in [0.1, 0.15) is 10.7 Å². The number of hydrogen-bond donors (Lipinski definition) is 1. The number of halogens is 1. The molecule has 0 unspecified atom stereocenters. The van der Waals surface area contributed by atoms with Crippen LogP contribution in [0.15, 0.2) is 58.8 Å². The third kappa shape index (κ3) is 2.83. The molecule has 3 aromatic rings. The van der Waals surface area contributed by atoms with Crippen LogP contribution in [0.2, 0.25) is 0 Å². The Morgan fingerprint density at radius 1 is 1.05 bits per heavy atom. The molecule has 0 aliphatic rings. The molecule has 3 rings (SSSR count). The monoisotopic (exact) mass is 321 g/mol. The van der Waals surface area contributed by atoms with E-state index in [1.165, 1.54) is 18.2 Å². The van der Waals surface area contributed by atoms with Crippen molar-refractivity contribution in [1.29, 1.82) is 0 Å². The molecular weight excluding hydrogens is 309 g/mol. The fourth-order valence-corrected chi connectivity index (χ4v) is 4.13. The first kappa shape index (κ1) is 14.2. The zero-order chi connectivity index (χ0) is 14.9. The minimum absolute atomic E-state index is 0.140. The van der Waals surface area contributed by atoms with Crippen molar-refractivity contribution in [3.05, 3.63) is 65.3 Å². The zero-order valence-corrected chi connectivity index (χ0v) is 12.5. The fraction of sp³-hybridized carbons (Fsp3) is 0.0667. The van der Waals surface area contributed by atoms with Crippen LogP contribution in [0.5, 0.6) is 0 Å². The Morgan fingerprint density at radius 2 is 1.76 bits per heavy atom. The lowest BCUT2D eigenvalue weighted by Crippen LogP contribution is -2.24. The molecule has 2 aromatic carbocycles. The smallest absolute Gasteiger partial charge is 0.207 e. The molecule has 0 fully saturated rings. The Balaban J connectivity index is 1.86. The van der Waals surface area contributed by atoms with Gasteiger partial charge in [0.2, 0.25) is 10.0 Å². The van der Waals surface area contributed by atoms with E-state index in [1.807, 2.05) is 29.6 Å². The first-order valence-electron chi connectivity index (χ1n) is 6.27. The Bertz CT molecular complexity index is 887. The largest absolute Gasteiger partial charge is 0.243 e. The molecule has 0 bridgehead atoms. The van der Waals surface area contributed by atoms with Crippen LogP contribution in [0.4, 0.5) is 4.39 Å². The van der Waals surface area contributed by atoms with Gasteiger partial charge in [-0.1, -0.05) is 30.3 Å².